The number of benzene rings is 2. The quantitative estimate of drug-likeness (QED) is 0.785. The third-order valence-electron chi connectivity index (χ3n) is 6.23. The van der Waals surface area contributed by atoms with Gasteiger partial charge in [0.2, 0.25) is 11.8 Å². The Balaban J connectivity index is 1.21. The molecule has 154 valence electrons. The van der Waals surface area contributed by atoms with Crippen LogP contribution in [0.1, 0.15) is 31.2 Å². The normalized spacial score (nSPS) is 18.2. The van der Waals surface area contributed by atoms with E-state index in [9.17, 15) is 9.59 Å². The number of hydrogen-bond donors (Lipinski definition) is 0. The van der Waals surface area contributed by atoms with Crippen molar-refractivity contribution in [1.29, 1.82) is 0 Å². The van der Waals surface area contributed by atoms with E-state index in [1.54, 1.807) is 0 Å². The summed E-state index contributed by atoms with van der Waals surface area (Å²) in [7, 11) is 0. The summed E-state index contributed by atoms with van der Waals surface area (Å²) >= 11 is 0. The zero-order valence-corrected chi connectivity index (χ0v) is 17.2. The van der Waals surface area contributed by atoms with Crippen molar-refractivity contribution < 1.29 is 9.59 Å². The largest absolute Gasteiger partial charge is 0.342 e. The Kier molecular flexibility index (Phi) is 6.45. The molecule has 0 aromatic heterocycles. The number of carbonyl (C=O) groups is 2. The Bertz CT molecular complexity index is 852. The molecular weight excluding hydrogens is 362 g/mol. The molecule has 2 fully saturated rings. The number of nitrogens with zero attached hydrogens (tertiary/aromatic N) is 3. The zero-order valence-electron chi connectivity index (χ0n) is 17.2. The van der Waals surface area contributed by atoms with Crippen LogP contribution in [0.4, 0.5) is 0 Å². The Morgan fingerprint density at radius 2 is 1.41 bits per heavy atom. The average Bonchev–Trinajstić information content (AvgIpc) is 2.78. The third-order valence-corrected chi connectivity index (χ3v) is 6.23. The SMILES string of the molecule is O=C(CCc1ccc2ccccc2c1)N1CCN(CC(=O)N2CCCCC2)CC1. The van der Waals surface area contributed by atoms with Gasteiger partial charge in [0.05, 0.1) is 6.54 Å². The first kappa shape index (κ1) is 19.9. The summed E-state index contributed by atoms with van der Waals surface area (Å²) in [4.78, 5) is 31.2. The van der Waals surface area contributed by atoms with Gasteiger partial charge >= 0.3 is 0 Å². The highest BCUT2D eigenvalue weighted by atomic mass is 16.2. The van der Waals surface area contributed by atoms with Gasteiger partial charge < -0.3 is 9.80 Å². The Morgan fingerprint density at radius 3 is 2.17 bits per heavy atom. The van der Waals surface area contributed by atoms with Crippen molar-refractivity contribution in [1.82, 2.24) is 14.7 Å². The molecule has 0 bridgehead atoms. The molecule has 4 rings (SSSR count). The van der Waals surface area contributed by atoms with Crippen LogP contribution < -0.4 is 0 Å². The fourth-order valence-corrected chi connectivity index (χ4v) is 4.39. The predicted molar refractivity (Wildman–Crippen MR) is 116 cm³/mol. The van der Waals surface area contributed by atoms with Crippen LogP contribution in [0, 0.1) is 0 Å². The van der Waals surface area contributed by atoms with Crippen LogP contribution in [0.3, 0.4) is 0 Å². The van der Waals surface area contributed by atoms with Crippen LogP contribution in [0.15, 0.2) is 42.5 Å². The maximum absolute atomic E-state index is 12.6. The van der Waals surface area contributed by atoms with E-state index < -0.39 is 0 Å². The second-order valence-corrected chi connectivity index (χ2v) is 8.28. The molecule has 2 saturated heterocycles. The molecule has 5 nitrogen and oxygen atoms in total. The summed E-state index contributed by atoms with van der Waals surface area (Å²) in [5, 5.41) is 2.46. The molecule has 2 amide bonds. The van der Waals surface area contributed by atoms with Gasteiger partial charge in [-0.1, -0.05) is 42.5 Å². The minimum atomic E-state index is 0.222. The summed E-state index contributed by atoms with van der Waals surface area (Å²) in [6, 6.07) is 14.8. The molecule has 0 aliphatic carbocycles. The summed E-state index contributed by atoms with van der Waals surface area (Å²) in [6.07, 6.45) is 4.82. The molecule has 2 aliphatic rings. The van der Waals surface area contributed by atoms with Crippen LogP contribution in [0.25, 0.3) is 10.8 Å². The predicted octanol–water partition coefficient (Wildman–Crippen LogP) is 2.93. The molecule has 2 heterocycles. The monoisotopic (exact) mass is 393 g/mol. The number of piperidine rings is 1. The highest BCUT2D eigenvalue weighted by molar-refractivity contribution is 5.83. The summed E-state index contributed by atoms with van der Waals surface area (Å²) in [6.45, 7) is 5.35. The van der Waals surface area contributed by atoms with Crippen molar-refractivity contribution >= 4 is 22.6 Å². The van der Waals surface area contributed by atoms with Crippen molar-refractivity contribution in [3.8, 4) is 0 Å². The summed E-state index contributed by atoms with van der Waals surface area (Å²) in [5.41, 5.74) is 1.21. The lowest BCUT2D eigenvalue weighted by atomic mass is 10.0. The van der Waals surface area contributed by atoms with E-state index >= 15 is 0 Å². The van der Waals surface area contributed by atoms with Crippen molar-refractivity contribution in [2.24, 2.45) is 0 Å². The molecule has 0 radical (unpaired) electrons. The van der Waals surface area contributed by atoms with E-state index in [0.717, 1.165) is 58.5 Å². The van der Waals surface area contributed by atoms with Crippen LogP contribution >= 0.6 is 0 Å². The van der Waals surface area contributed by atoms with Gasteiger partial charge in [0.15, 0.2) is 0 Å². The van der Waals surface area contributed by atoms with Gasteiger partial charge in [0.1, 0.15) is 0 Å². The van der Waals surface area contributed by atoms with E-state index in [-0.39, 0.29) is 11.8 Å². The van der Waals surface area contributed by atoms with E-state index in [1.165, 1.54) is 22.8 Å². The molecule has 0 atom stereocenters. The van der Waals surface area contributed by atoms with Crippen LogP contribution in [0.5, 0.6) is 0 Å². The topological polar surface area (TPSA) is 43.9 Å². The second kappa shape index (κ2) is 9.40. The average molecular weight is 394 g/mol. The molecular formula is C24H31N3O2. The van der Waals surface area contributed by atoms with Gasteiger partial charge in [-0.2, -0.15) is 0 Å². The van der Waals surface area contributed by atoms with Crippen molar-refractivity contribution in [2.45, 2.75) is 32.1 Å². The van der Waals surface area contributed by atoms with Crippen LogP contribution in [-0.4, -0.2) is 72.3 Å². The smallest absolute Gasteiger partial charge is 0.236 e. The lowest BCUT2D eigenvalue weighted by molar-refractivity contribution is -0.135. The van der Waals surface area contributed by atoms with Gasteiger partial charge in [0.25, 0.3) is 0 Å². The molecule has 29 heavy (non-hydrogen) atoms. The fraction of sp³-hybridized carbons (Fsp3) is 0.500. The molecule has 0 saturated carbocycles. The van der Waals surface area contributed by atoms with Gasteiger partial charge in [-0.05, 0) is 42.0 Å². The van der Waals surface area contributed by atoms with Crippen LogP contribution in [-0.2, 0) is 16.0 Å². The highest BCUT2D eigenvalue weighted by Gasteiger charge is 2.24. The fourth-order valence-electron chi connectivity index (χ4n) is 4.39. The standard InChI is InChI=1S/C24H31N3O2/c28-23(11-9-20-8-10-21-6-2-3-7-22(21)18-20)27-16-14-25(15-17-27)19-24(29)26-12-4-1-5-13-26/h2-3,6-8,10,18H,1,4-5,9,11-17,19H2. The van der Waals surface area contributed by atoms with E-state index in [0.29, 0.717) is 13.0 Å². The third kappa shape index (κ3) is 5.15. The molecule has 2 aliphatic heterocycles. The maximum atomic E-state index is 12.6. The Hall–Kier alpha value is -2.40. The number of amides is 2. The van der Waals surface area contributed by atoms with Crippen molar-refractivity contribution in [3.05, 3.63) is 48.0 Å². The summed E-state index contributed by atoms with van der Waals surface area (Å²) < 4.78 is 0. The number of fused-ring (bicyclic) bond motifs is 1. The molecule has 5 heteroatoms. The minimum Gasteiger partial charge on any atom is -0.342 e. The maximum Gasteiger partial charge on any atom is 0.236 e. The number of piperazine rings is 1. The minimum absolute atomic E-state index is 0.222. The van der Waals surface area contributed by atoms with Gasteiger partial charge in [-0.15, -0.1) is 0 Å². The zero-order chi connectivity index (χ0) is 20.1. The second-order valence-electron chi connectivity index (χ2n) is 8.28. The highest BCUT2D eigenvalue weighted by Crippen LogP contribution is 2.17. The number of aryl methyl sites for hydroxylation is 1. The molecule has 0 unspecified atom stereocenters. The number of hydrogen-bond acceptors (Lipinski definition) is 3. The molecule has 2 aromatic rings. The Labute approximate surface area is 173 Å². The first-order valence-electron chi connectivity index (χ1n) is 10.9. The van der Waals surface area contributed by atoms with E-state index in [4.69, 9.17) is 0 Å². The van der Waals surface area contributed by atoms with Crippen molar-refractivity contribution in [3.63, 3.8) is 0 Å². The van der Waals surface area contributed by atoms with E-state index in [2.05, 4.69) is 35.2 Å². The van der Waals surface area contributed by atoms with Gasteiger partial charge in [-0.25, -0.2) is 0 Å². The van der Waals surface area contributed by atoms with Gasteiger partial charge in [-0.3, -0.25) is 14.5 Å². The summed E-state index contributed by atoms with van der Waals surface area (Å²) in [5.74, 6) is 0.473. The van der Waals surface area contributed by atoms with Crippen LogP contribution in [0.2, 0.25) is 0 Å². The van der Waals surface area contributed by atoms with E-state index in [1.807, 2.05) is 21.9 Å². The lowest BCUT2D eigenvalue weighted by Gasteiger charge is -2.36. The molecule has 2 aromatic carbocycles. The lowest BCUT2D eigenvalue weighted by Crippen LogP contribution is -2.52. The number of likely N-dealkylation sites (tertiary alicyclic amines) is 1. The number of carbonyl (C=O) groups excluding carboxylic acids is 2. The molecule has 0 spiro atoms. The van der Waals surface area contributed by atoms with Crippen molar-refractivity contribution in [2.75, 3.05) is 45.8 Å². The number of rotatable bonds is 5. The first-order valence-corrected chi connectivity index (χ1v) is 10.9. The van der Waals surface area contributed by atoms with Gasteiger partial charge in [0, 0.05) is 45.7 Å². The first-order chi connectivity index (χ1) is 14.2. The Morgan fingerprint density at radius 1 is 0.724 bits per heavy atom. The molecule has 0 N–H and O–H groups in total.